The molecule has 0 N–H and O–H groups in total. The van der Waals surface area contributed by atoms with E-state index in [0.29, 0.717) is 18.8 Å². The van der Waals surface area contributed by atoms with Gasteiger partial charge in [-0.05, 0) is 25.1 Å². The average Bonchev–Trinajstić information content (AvgIpc) is 2.46. The van der Waals surface area contributed by atoms with Crippen LogP contribution >= 0.6 is 0 Å². The summed E-state index contributed by atoms with van der Waals surface area (Å²) in [7, 11) is -3.70. The Kier molecular flexibility index (Phi) is 3.46. The van der Waals surface area contributed by atoms with Gasteiger partial charge < -0.3 is 0 Å². The average molecular weight is 307 g/mol. The summed E-state index contributed by atoms with van der Waals surface area (Å²) in [6.07, 6.45) is 2.19. The molecule has 5 nitrogen and oxygen atoms in total. The van der Waals surface area contributed by atoms with Crippen LogP contribution in [-0.4, -0.2) is 29.2 Å². The minimum absolute atomic E-state index is 0.0287. The maximum atomic E-state index is 13.2. The van der Waals surface area contributed by atoms with Crippen LogP contribution in [0.1, 0.15) is 17.1 Å². The molecule has 7 heteroatoms. The van der Waals surface area contributed by atoms with Crippen LogP contribution in [0.25, 0.3) is 0 Å². The lowest BCUT2D eigenvalue weighted by molar-refractivity contribution is 0.386. The monoisotopic (exact) mass is 307 g/mol. The summed E-state index contributed by atoms with van der Waals surface area (Å²) in [4.78, 5) is 8.40. The van der Waals surface area contributed by atoms with Gasteiger partial charge in [-0.25, -0.2) is 22.8 Å². The molecule has 0 radical (unpaired) electrons. The second kappa shape index (κ2) is 5.16. The van der Waals surface area contributed by atoms with Gasteiger partial charge in [0.15, 0.2) is 0 Å². The molecule has 0 bridgehead atoms. The van der Waals surface area contributed by atoms with Crippen molar-refractivity contribution in [2.24, 2.45) is 0 Å². The summed E-state index contributed by atoms with van der Waals surface area (Å²) >= 11 is 0. The van der Waals surface area contributed by atoms with E-state index >= 15 is 0 Å². The van der Waals surface area contributed by atoms with Crippen molar-refractivity contribution in [3.8, 4) is 0 Å². The Morgan fingerprint density at radius 3 is 2.90 bits per heavy atom. The first-order chi connectivity index (χ1) is 9.96. The smallest absolute Gasteiger partial charge is 0.241 e. The van der Waals surface area contributed by atoms with Crippen molar-refractivity contribution in [2.45, 2.75) is 24.8 Å². The molecule has 3 rings (SSSR count). The van der Waals surface area contributed by atoms with E-state index in [-0.39, 0.29) is 11.4 Å². The van der Waals surface area contributed by atoms with Crippen LogP contribution in [0, 0.1) is 12.7 Å². The van der Waals surface area contributed by atoms with Gasteiger partial charge in [-0.15, -0.1) is 0 Å². The lowest BCUT2D eigenvalue weighted by atomic mass is 10.1. The van der Waals surface area contributed by atoms with E-state index in [9.17, 15) is 12.8 Å². The molecular weight excluding hydrogens is 293 g/mol. The summed E-state index contributed by atoms with van der Waals surface area (Å²) < 4.78 is 39.7. The number of hydrogen-bond acceptors (Lipinski definition) is 4. The molecule has 1 aliphatic rings. The molecule has 0 saturated carbocycles. The Morgan fingerprint density at radius 2 is 2.14 bits per heavy atom. The molecule has 21 heavy (non-hydrogen) atoms. The fraction of sp³-hybridized carbons (Fsp3) is 0.286. The van der Waals surface area contributed by atoms with E-state index in [1.807, 2.05) is 0 Å². The zero-order chi connectivity index (χ0) is 15.0. The second-order valence-corrected chi connectivity index (χ2v) is 6.87. The molecule has 0 atom stereocenters. The number of aryl methyl sites for hydroxylation is 1. The van der Waals surface area contributed by atoms with Gasteiger partial charge in [0.05, 0.1) is 4.90 Å². The molecule has 0 amide bonds. The maximum absolute atomic E-state index is 13.2. The summed E-state index contributed by atoms with van der Waals surface area (Å²) in [6.45, 7) is 2.35. The highest BCUT2D eigenvalue weighted by molar-refractivity contribution is 7.89. The molecule has 2 heterocycles. The van der Waals surface area contributed by atoms with Crippen molar-refractivity contribution in [3.05, 3.63) is 53.4 Å². The largest absolute Gasteiger partial charge is 0.243 e. The van der Waals surface area contributed by atoms with E-state index in [0.717, 1.165) is 17.3 Å². The Morgan fingerprint density at radius 1 is 1.33 bits per heavy atom. The van der Waals surface area contributed by atoms with Gasteiger partial charge in [0.2, 0.25) is 10.0 Å². The van der Waals surface area contributed by atoms with Crippen molar-refractivity contribution in [3.63, 3.8) is 0 Å². The Hall–Kier alpha value is -1.86. The molecule has 0 spiro atoms. The molecule has 2 aromatic rings. The number of fused-ring (bicyclic) bond motifs is 1. The van der Waals surface area contributed by atoms with E-state index < -0.39 is 15.8 Å². The molecule has 1 aliphatic heterocycles. The summed E-state index contributed by atoms with van der Waals surface area (Å²) in [6, 6.07) is 5.06. The Labute approximate surface area is 122 Å². The van der Waals surface area contributed by atoms with Crippen molar-refractivity contribution in [2.75, 3.05) is 6.54 Å². The second-order valence-electron chi connectivity index (χ2n) is 4.94. The summed E-state index contributed by atoms with van der Waals surface area (Å²) in [5.74, 6) is 0.114. The number of nitrogens with zero attached hydrogens (tertiary/aromatic N) is 3. The fourth-order valence-electron chi connectivity index (χ4n) is 2.37. The van der Waals surface area contributed by atoms with Crippen LogP contribution in [0.2, 0.25) is 0 Å². The van der Waals surface area contributed by atoms with Crippen molar-refractivity contribution < 1.29 is 12.8 Å². The van der Waals surface area contributed by atoms with Gasteiger partial charge in [-0.2, -0.15) is 4.31 Å². The van der Waals surface area contributed by atoms with Crippen LogP contribution in [-0.2, 0) is 23.0 Å². The number of hydrogen-bond donors (Lipinski definition) is 0. The molecule has 1 aromatic heterocycles. The number of sulfonamides is 1. The van der Waals surface area contributed by atoms with Gasteiger partial charge in [-0.1, -0.05) is 6.07 Å². The normalized spacial score (nSPS) is 15.7. The van der Waals surface area contributed by atoms with Crippen molar-refractivity contribution in [1.29, 1.82) is 0 Å². The zero-order valence-corrected chi connectivity index (χ0v) is 12.3. The maximum Gasteiger partial charge on any atom is 0.243 e. The van der Waals surface area contributed by atoms with Gasteiger partial charge >= 0.3 is 0 Å². The first kappa shape index (κ1) is 14.1. The number of rotatable bonds is 2. The summed E-state index contributed by atoms with van der Waals surface area (Å²) in [5, 5.41) is 0. The third-order valence-electron chi connectivity index (χ3n) is 3.45. The van der Waals surface area contributed by atoms with Gasteiger partial charge in [0, 0.05) is 37.0 Å². The van der Waals surface area contributed by atoms with Gasteiger partial charge in [0.25, 0.3) is 0 Å². The highest BCUT2D eigenvalue weighted by Crippen LogP contribution is 2.24. The van der Waals surface area contributed by atoms with Crippen molar-refractivity contribution in [1.82, 2.24) is 14.3 Å². The number of halogens is 1. The quantitative estimate of drug-likeness (QED) is 0.846. The zero-order valence-electron chi connectivity index (χ0n) is 11.5. The van der Waals surface area contributed by atoms with Gasteiger partial charge in [0.1, 0.15) is 11.6 Å². The van der Waals surface area contributed by atoms with Gasteiger partial charge in [-0.3, -0.25) is 0 Å². The van der Waals surface area contributed by atoms with Crippen LogP contribution < -0.4 is 0 Å². The highest BCUT2D eigenvalue weighted by Gasteiger charge is 2.29. The van der Waals surface area contributed by atoms with Crippen molar-refractivity contribution >= 4 is 10.0 Å². The summed E-state index contributed by atoms with van der Waals surface area (Å²) in [5.41, 5.74) is 1.68. The van der Waals surface area contributed by atoms with Crippen LogP contribution in [0.5, 0.6) is 0 Å². The minimum Gasteiger partial charge on any atom is -0.241 e. The predicted octanol–water partition coefficient (Wildman–Crippen LogP) is 1.67. The van der Waals surface area contributed by atoms with Crippen LogP contribution in [0.4, 0.5) is 4.39 Å². The minimum atomic E-state index is -3.70. The molecule has 110 valence electrons. The van der Waals surface area contributed by atoms with E-state index in [1.165, 1.54) is 22.5 Å². The third-order valence-corrected chi connectivity index (χ3v) is 5.29. The standard InChI is InChI=1S/C14H14FN3O2S/c1-10-16-8-11-9-18(6-5-14(11)17-10)21(19,20)13-4-2-3-12(15)7-13/h2-4,7-8H,5-6,9H2,1H3. The topological polar surface area (TPSA) is 63.2 Å². The van der Waals surface area contributed by atoms with Crippen LogP contribution in [0.15, 0.2) is 35.4 Å². The number of aromatic nitrogens is 2. The highest BCUT2D eigenvalue weighted by atomic mass is 32.2. The predicted molar refractivity (Wildman–Crippen MR) is 74.5 cm³/mol. The first-order valence-electron chi connectivity index (χ1n) is 6.54. The SMILES string of the molecule is Cc1ncc2c(n1)CCN(S(=O)(=O)c1cccc(F)c1)C2. The fourth-order valence-corrected chi connectivity index (χ4v) is 3.82. The molecule has 0 aliphatic carbocycles. The Balaban J connectivity index is 1.93. The lowest BCUT2D eigenvalue weighted by Crippen LogP contribution is -2.36. The van der Waals surface area contributed by atoms with E-state index in [1.54, 1.807) is 13.1 Å². The molecular formula is C14H14FN3O2S. The van der Waals surface area contributed by atoms with E-state index in [2.05, 4.69) is 9.97 Å². The third kappa shape index (κ3) is 2.66. The van der Waals surface area contributed by atoms with Crippen LogP contribution in [0.3, 0.4) is 0 Å². The molecule has 0 unspecified atom stereocenters. The Bertz CT molecular complexity index is 793. The lowest BCUT2D eigenvalue weighted by Gasteiger charge is -2.27. The molecule has 0 saturated heterocycles. The molecule has 0 fully saturated rings. The van der Waals surface area contributed by atoms with E-state index in [4.69, 9.17) is 0 Å². The number of benzene rings is 1. The first-order valence-corrected chi connectivity index (χ1v) is 7.98. The molecule has 1 aromatic carbocycles.